The third-order valence-electron chi connectivity index (χ3n) is 1.30. The summed E-state index contributed by atoms with van der Waals surface area (Å²) in [4.78, 5) is 0. The minimum atomic E-state index is 1.06. The molecule has 0 aromatic carbocycles. The monoisotopic (exact) mass is 125 g/mol. The van der Waals surface area contributed by atoms with Crippen LogP contribution >= 0.6 is 0 Å². The van der Waals surface area contributed by atoms with Gasteiger partial charge in [-0.15, -0.1) is 0 Å². The van der Waals surface area contributed by atoms with Crippen LogP contribution in [0, 0.1) is 6.08 Å². The lowest BCUT2D eigenvalue weighted by Crippen LogP contribution is -1.70. The zero-order valence-corrected chi connectivity index (χ0v) is 6.61. The Morgan fingerprint density at radius 3 is 2.56 bits per heavy atom. The Kier molecular flexibility index (Phi) is 7.52. The minimum absolute atomic E-state index is 1.06. The van der Waals surface area contributed by atoms with Gasteiger partial charge in [-0.05, 0) is 25.3 Å². The van der Waals surface area contributed by atoms with Gasteiger partial charge in [-0.1, -0.05) is 32.8 Å². The molecule has 0 saturated heterocycles. The van der Waals surface area contributed by atoms with E-state index in [0.29, 0.717) is 0 Å². The molecule has 1 radical (unpaired) electrons. The van der Waals surface area contributed by atoms with E-state index in [-0.39, 0.29) is 0 Å². The van der Waals surface area contributed by atoms with Gasteiger partial charge in [0.05, 0.1) is 0 Å². The molecule has 0 bridgehead atoms. The minimum Gasteiger partial charge on any atom is -0.0811 e. The Labute approximate surface area is 59.0 Å². The average molecular weight is 125 g/mol. The predicted octanol–water partition coefficient (Wildman–Crippen LogP) is 3.34. The van der Waals surface area contributed by atoms with Gasteiger partial charge < -0.3 is 0 Å². The van der Waals surface area contributed by atoms with Crippen molar-refractivity contribution in [2.24, 2.45) is 0 Å². The molecule has 0 aliphatic rings. The first-order valence-corrected chi connectivity index (χ1v) is 3.96. The Bertz CT molecular complexity index is 62.4. The van der Waals surface area contributed by atoms with Crippen molar-refractivity contribution in [2.75, 3.05) is 0 Å². The molecule has 0 nitrogen and oxygen atoms in total. The van der Waals surface area contributed by atoms with E-state index in [2.05, 4.69) is 26.0 Å². The highest BCUT2D eigenvalue weighted by Gasteiger charge is 1.79. The summed E-state index contributed by atoms with van der Waals surface area (Å²) < 4.78 is 0. The maximum absolute atomic E-state index is 3.18. The average Bonchev–Trinajstić information content (AvgIpc) is 1.89. The highest BCUT2D eigenvalue weighted by molar-refractivity contribution is 4.71. The van der Waals surface area contributed by atoms with Gasteiger partial charge in [0.2, 0.25) is 0 Å². The van der Waals surface area contributed by atoms with Crippen molar-refractivity contribution in [3.05, 3.63) is 12.2 Å². The fourth-order valence-electron chi connectivity index (χ4n) is 0.743. The molecule has 0 atom stereocenters. The molecular weight excluding hydrogens is 108 g/mol. The molecule has 0 heterocycles. The van der Waals surface area contributed by atoms with Gasteiger partial charge in [-0.25, -0.2) is 0 Å². The van der Waals surface area contributed by atoms with Gasteiger partial charge in [-0.2, -0.15) is 0 Å². The predicted molar refractivity (Wildman–Crippen MR) is 42.2 cm³/mol. The molecule has 0 fully saturated rings. The van der Waals surface area contributed by atoms with Crippen molar-refractivity contribution in [3.8, 4) is 0 Å². The van der Waals surface area contributed by atoms with Crippen LogP contribution in [0.5, 0.6) is 0 Å². The lowest BCUT2D eigenvalue weighted by Gasteiger charge is -1.89. The Hall–Kier alpha value is -0.260. The number of allylic oxidation sites excluding steroid dienone is 2. The molecule has 0 spiro atoms. The van der Waals surface area contributed by atoms with Crippen molar-refractivity contribution >= 4 is 0 Å². The number of hydrogen-bond donors (Lipinski definition) is 0. The third kappa shape index (κ3) is 7.74. The second-order valence-electron chi connectivity index (χ2n) is 2.26. The van der Waals surface area contributed by atoms with E-state index in [1.165, 1.54) is 25.7 Å². The molecule has 0 rings (SSSR count). The zero-order valence-electron chi connectivity index (χ0n) is 6.61. The molecule has 0 N–H and O–H groups in total. The third-order valence-corrected chi connectivity index (χ3v) is 1.30. The Balaban J connectivity index is 2.82. The van der Waals surface area contributed by atoms with E-state index < -0.39 is 0 Å². The highest BCUT2D eigenvalue weighted by atomic mass is 13.9. The standard InChI is InChI=1S/C9H17/c1-3-5-7-9-8-6-4-2/h8H,3-5,7,9H2,1-2H3. The van der Waals surface area contributed by atoms with Crippen LogP contribution in [0.2, 0.25) is 0 Å². The molecule has 9 heavy (non-hydrogen) atoms. The lowest BCUT2D eigenvalue weighted by atomic mass is 10.2. The number of unbranched alkanes of at least 4 members (excludes halogenated alkanes) is 3. The highest BCUT2D eigenvalue weighted by Crippen LogP contribution is 1.99. The van der Waals surface area contributed by atoms with Crippen LogP contribution in [0.25, 0.3) is 0 Å². The van der Waals surface area contributed by atoms with Crippen LogP contribution in [0.4, 0.5) is 0 Å². The molecule has 0 heteroatoms. The van der Waals surface area contributed by atoms with Crippen molar-refractivity contribution in [1.29, 1.82) is 0 Å². The summed E-state index contributed by atoms with van der Waals surface area (Å²) >= 11 is 0. The van der Waals surface area contributed by atoms with Gasteiger partial charge in [0.15, 0.2) is 0 Å². The van der Waals surface area contributed by atoms with Gasteiger partial charge in [0.1, 0.15) is 0 Å². The summed E-state index contributed by atoms with van der Waals surface area (Å²) in [7, 11) is 0. The largest absolute Gasteiger partial charge is 0.0811 e. The van der Waals surface area contributed by atoms with Gasteiger partial charge in [0, 0.05) is 0 Å². The summed E-state index contributed by atoms with van der Waals surface area (Å²) in [5.41, 5.74) is 0. The van der Waals surface area contributed by atoms with Crippen molar-refractivity contribution < 1.29 is 0 Å². The van der Waals surface area contributed by atoms with E-state index in [9.17, 15) is 0 Å². The first kappa shape index (κ1) is 8.74. The molecule has 0 aromatic rings. The van der Waals surface area contributed by atoms with Crippen LogP contribution in [0.3, 0.4) is 0 Å². The molecule has 0 unspecified atom stereocenters. The summed E-state index contributed by atoms with van der Waals surface area (Å²) in [6.07, 6.45) is 11.6. The first-order valence-electron chi connectivity index (χ1n) is 3.96. The molecule has 0 aromatic heterocycles. The summed E-state index contributed by atoms with van der Waals surface area (Å²) in [5.74, 6) is 0. The second-order valence-corrected chi connectivity index (χ2v) is 2.26. The van der Waals surface area contributed by atoms with Crippen molar-refractivity contribution in [2.45, 2.75) is 46.0 Å². The Morgan fingerprint density at radius 2 is 2.00 bits per heavy atom. The van der Waals surface area contributed by atoms with Crippen LogP contribution < -0.4 is 0 Å². The molecular formula is C9H17. The summed E-state index contributed by atoms with van der Waals surface area (Å²) in [5, 5.41) is 0. The topological polar surface area (TPSA) is 0 Å². The molecule has 0 aliphatic heterocycles. The van der Waals surface area contributed by atoms with Gasteiger partial charge in [0.25, 0.3) is 0 Å². The van der Waals surface area contributed by atoms with E-state index in [4.69, 9.17) is 0 Å². The van der Waals surface area contributed by atoms with E-state index in [0.717, 1.165) is 6.42 Å². The van der Waals surface area contributed by atoms with Gasteiger partial charge >= 0.3 is 0 Å². The Morgan fingerprint density at radius 1 is 1.22 bits per heavy atom. The zero-order chi connectivity index (χ0) is 6.95. The number of rotatable bonds is 5. The van der Waals surface area contributed by atoms with Gasteiger partial charge in [-0.3, -0.25) is 0 Å². The smallest absolute Gasteiger partial charge is 0.0308 e. The van der Waals surface area contributed by atoms with Crippen LogP contribution in [0.15, 0.2) is 6.08 Å². The molecule has 53 valence electrons. The molecule has 0 saturated carbocycles. The first-order chi connectivity index (χ1) is 4.41. The van der Waals surface area contributed by atoms with E-state index >= 15 is 0 Å². The van der Waals surface area contributed by atoms with Crippen LogP contribution in [0.1, 0.15) is 46.0 Å². The van der Waals surface area contributed by atoms with Crippen LogP contribution in [-0.2, 0) is 0 Å². The lowest BCUT2D eigenvalue weighted by molar-refractivity contribution is 0.727. The fourth-order valence-corrected chi connectivity index (χ4v) is 0.743. The summed E-state index contributed by atoms with van der Waals surface area (Å²) in [6, 6.07) is 0. The van der Waals surface area contributed by atoms with E-state index in [1.807, 2.05) is 0 Å². The number of hydrogen-bond acceptors (Lipinski definition) is 0. The van der Waals surface area contributed by atoms with Crippen molar-refractivity contribution in [3.63, 3.8) is 0 Å². The molecule has 0 amide bonds. The maximum Gasteiger partial charge on any atom is -0.0308 e. The quantitative estimate of drug-likeness (QED) is 0.494. The summed E-state index contributed by atoms with van der Waals surface area (Å²) in [6.45, 7) is 4.35. The molecule has 0 aliphatic carbocycles. The maximum atomic E-state index is 3.18. The van der Waals surface area contributed by atoms with Crippen molar-refractivity contribution in [1.82, 2.24) is 0 Å². The SMILES string of the molecule is CC/[C]=C\CCCCC. The van der Waals surface area contributed by atoms with Crippen LogP contribution in [-0.4, -0.2) is 0 Å². The second kappa shape index (κ2) is 7.74. The fraction of sp³-hybridized carbons (Fsp3) is 0.778. The van der Waals surface area contributed by atoms with E-state index in [1.54, 1.807) is 0 Å². The normalized spacial score (nSPS) is 10.9.